The molecular weight excluding hydrogens is 256 g/mol. The zero-order valence-corrected chi connectivity index (χ0v) is 11.4. The van der Waals surface area contributed by atoms with Crippen LogP contribution in [0.2, 0.25) is 0 Å². The number of aldehydes is 1. The van der Waals surface area contributed by atoms with Gasteiger partial charge in [0.05, 0.1) is 14.2 Å². The molecular formula is C16H16O4. The van der Waals surface area contributed by atoms with Crippen LogP contribution in [-0.2, 0) is 0 Å². The van der Waals surface area contributed by atoms with E-state index in [2.05, 4.69) is 0 Å². The summed E-state index contributed by atoms with van der Waals surface area (Å²) in [6.07, 6.45) is -0.140. The van der Waals surface area contributed by atoms with Crippen molar-refractivity contribution in [1.29, 1.82) is 0 Å². The summed E-state index contributed by atoms with van der Waals surface area (Å²) >= 11 is 0. The molecule has 0 radical (unpaired) electrons. The maximum Gasteiger partial charge on any atom is 0.150 e. The van der Waals surface area contributed by atoms with Gasteiger partial charge in [0.15, 0.2) is 0 Å². The van der Waals surface area contributed by atoms with Crippen LogP contribution >= 0.6 is 0 Å². The first-order valence-electron chi connectivity index (χ1n) is 6.14. The Hall–Kier alpha value is -2.33. The predicted octanol–water partition coefficient (Wildman–Crippen LogP) is 2.60. The summed E-state index contributed by atoms with van der Waals surface area (Å²) in [5.41, 5.74) is 1.74. The lowest BCUT2D eigenvalue weighted by atomic mass is 9.99. The molecule has 0 bridgehead atoms. The SMILES string of the molecule is COc1ccc(OC)c(C(O)c2cccc(C=O)c2)c1. The topological polar surface area (TPSA) is 55.8 Å². The van der Waals surface area contributed by atoms with Gasteiger partial charge in [-0.2, -0.15) is 0 Å². The van der Waals surface area contributed by atoms with Crippen LogP contribution in [0.25, 0.3) is 0 Å². The number of benzene rings is 2. The van der Waals surface area contributed by atoms with Gasteiger partial charge >= 0.3 is 0 Å². The largest absolute Gasteiger partial charge is 0.497 e. The van der Waals surface area contributed by atoms with Crippen molar-refractivity contribution >= 4 is 6.29 Å². The van der Waals surface area contributed by atoms with E-state index in [0.717, 1.165) is 6.29 Å². The Bertz CT molecular complexity index is 607. The van der Waals surface area contributed by atoms with Crippen LogP contribution in [0.3, 0.4) is 0 Å². The molecule has 0 aliphatic heterocycles. The van der Waals surface area contributed by atoms with Gasteiger partial charge in [-0.05, 0) is 29.8 Å². The second kappa shape index (κ2) is 6.21. The normalized spacial score (nSPS) is 11.8. The van der Waals surface area contributed by atoms with Gasteiger partial charge < -0.3 is 14.6 Å². The van der Waals surface area contributed by atoms with E-state index >= 15 is 0 Å². The molecule has 0 aromatic heterocycles. The third-order valence-electron chi connectivity index (χ3n) is 3.09. The zero-order valence-electron chi connectivity index (χ0n) is 11.4. The fourth-order valence-electron chi connectivity index (χ4n) is 2.04. The summed E-state index contributed by atoms with van der Waals surface area (Å²) in [4.78, 5) is 10.8. The summed E-state index contributed by atoms with van der Waals surface area (Å²) in [6.45, 7) is 0. The molecule has 0 amide bonds. The standard InChI is InChI=1S/C16H16O4/c1-19-13-6-7-15(20-2)14(9-13)16(18)12-5-3-4-11(8-12)10-17/h3-10,16,18H,1-2H3. The lowest BCUT2D eigenvalue weighted by Gasteiger charge is -2.16. The third kappa shape index (κ3) is 2.81. The van der Waals surface area contributed by atoms with Crippen LogP contribution in [-0.4, -0.2) is 25.6 Å². The highest BCUT2D eigenvalue weighted by atomic mass is 16.5. The van der Waals surface area contributed by atoms with E-state index in [-0.39, 0.29) is 0 Å². The molecule has 0 saturated heterocycles. The van der Waals surface area contributed by atoms with Crippen LogP contribution in [0.5, 0.6) is 11.5 Å². The minimum atomic E-state index is -0.889. The molecule has 4 nitrogen and oxygen atoms in total. The van der Waals surface area contributed by atoms with Gasteiger partial charge in [-0.3, -0.25) is 4.79 Å². The average molecular weight is 272 g/mol. The molecule has 0 spiro atoms. The molecule has 0 fully saturated rings. The first-order chi connectivity index (χ1) is 9.69. The van der Waals surface area contributed by atoms with Crippen LogP contribution in [0.4, 0.5) is 0 Å². The second-order valence-electron chi connectivity index (χ2n) is 4.30. The van der Waals surface area contributed by atoms with E-state index < -0.39 is 6.10 Å². The number of hydrogen-bond acceptors (Lipinski definition) is 4. The number of hydrogen-bond donors (Lipinski definition) is 1. The Balaban J connectivity index is 2.45. The predicted molar refractivity (Wildman–Crippen MR) is 75.4 cm³/mol. The summed E-state index contributed by atoms with van der Waals surface area (Å²) in [5.74, 6) is 1.20. The first kappa shape index (κ1) is 14.1. The van der Waals surface area contributed by atoms with Gasteiger partial charge in [0.2, 0.25) is 0 Å². The highest BCUT2D eigenvalue weighted by Crippen LogP contribution is 2.33. The highest BCUT2D eigenvalue weighted by molar-refractivity contribution is 5.75. The van der Waals surface area contributed by atoms with E-state index in [1.165, 1.54) is 0 Å². The van der Waals surface area contributed by atoms with Gasteiger partial charge in [-0.25, -0.2) is 0 Å². The molecule has 4 heteroatoms. The number of aliphatic hydroxyl groups is 1. The monoisotopic (exact) mass is 272 g/mol. The van der Waals surface area contributed by atoms with Gasteiger partial charge in [0.1, 0.15) is 23.9 Å². The Labute approximate surface area is 117 Å². The maximum atomic E-state index is 10.8. The number of carbonyl (C=O) groups is 1. The lowest BCUT2D eigenvalue weighted by Crippen LogP contribution is -2.03. The van der Waals surface area contributed by atoms with Crippen molar-refractivity contribution in [2.45, 2.75) is 6.10 Å². The van der Waals surface area contributed by atoms with Crippen LogP contribution in [0.1, 0.15) is 27.6 Å². The molecule has 1 atom stereocenters. The fourth-order valence-corrected chi connectivity index (χ4v) is 2.04. The second-order valence-corrected chi connectivity index (χ2v) is 4.30. The number of rotatable bonds is 5. The van der Waals surface area contributed by atoms with Gasteiger partial charge in [0, 0.05) is 11.1 Å². The van der Waals surface area contributed by atoms with Gasteiger partial charge in [0.25, 0.3) is 0 Å². The van der Waals surface area contributed by atoms with Crippen molar-refractivity contribution in [3.8, 4) is 11.5 Å². The number of carbonyl (C=O) groups excluding carboxylic acids is 1. The van der Waals surface area contributed by atoms with E-state index in [4.69, 9.17) is 9.47 Å². The number of methoxy groups -OCH3 is 2. The number of ether oxygens (including phenoxy) is 2. The van der Waals surface area contributed by atoms with Crippen molar-refractivity contribution in [3.05, 3.63) is 59.2 Å². The average Bonchev–Trinajstić information content (AvgIpc) is 2.53. The Morgan fingerprint density at radius 2 is 1.90 bits per heavy atom. The van der Waals surface area contributed by atoms with Crippen molar-refractivity contribution in [3.63, 3.8) is 0 Å². The summed E-state index contributed by atoms with van der Waals surface area (Å²) in [5, 5.41) is 10.5. The van der Waals surface area contributed by atoms with E-state index in [9.17, 15) is 9.90 Å². The third-order valence-corrected chi connectivity index (χ3v) is 3.09. The van der Waals surface area contributed by atoms with E-state index in [1.54, 1.807) is 56.7 Å². The highest BCUT2D eigenvalue weighted by Gasteiger charge is 2.16. The summed E-state index contributed by atoms with van der Waals surface area (Å²) in [7, 11) is 3.10. The molecule has 0 aliphatic carbocycles. The molecule has 104 valence electrons. The molecule has 1 N–H and O–H groups in total. The fraction of sp³-hybridized carbons (Fsp3) is 0.188. The van der Waals surface area contributed by atoms with Crippen molar-refractivity contribution in [2.75, 3.05) is 14.2 Å². The quantitative estimate of drug-likeness (QED) is 0.850. The van der Waals surface area contributed by atoms with Gasteiger partial charge in [-0.15, -0.1) is 0 Å². The molecule has 0 aliphatic rings. The molecule has 2 aromatic carbocycles. The van der Waals surface area contributed by atoms with Gasteiger partial charge in [-0.1, -0.05) is 18.2 Å². The van der Waals surface area contributed by atoms with E-state index in [0.29, 0.717) is 28.2 Å². The minimum Gasteiger partial charge on any atom is -0.497 e. The Kier molecular flexibility index (Phi) is 4.38. The molecule has 2 rings (SSSR count). The molecule has 1 unspecified atom stereocenters. The van der Waals surface area contributed by atoms with Crippen LogP contribution < -0.4 is 9.47 Å². The first-order valence-corrected chi connectivity index (χ1v) is 6.14. The van der Waals surface area contributed by atoms with Crippen LogP contribution in [0, 0.1) is 0 Å². The number of aliphatic hydroxyl groups excluding tert-OH is 1. The summed E-state index contributed by atoms with van der Waals surface area (Å²) in [6, 6.07) is 12.0. The maximum absolute atomic E-state index is 10.8. The molecule has 20 heavy (non-hydrogen) atoms. The minimum absolute atomic E-state index is 0.517. The molecule has 0 heterocycles. The van der Waals surface area contributed by atoms with Crippen molar-refractivity contribution < 1.29 is 19.4 Å². The van der Waals surface area contributed by atoms with Crippen LogP contribution in [0.15, 0.2) is 42.5 Å². The smallest absolute Gasteiger partial charge is 0.150 e. The van der Waals surface area contributed by atoms with Crippen molar-refractivity contribution in [2.24, 2.45) is 0 Å². The Morgan fingerprint density at radius 3 is 2.55 bits per heavy atom. The zero-order chi connectivity index (χ0) is 14.5. The molecule has 2 aromatic rings. The molecule has 0 saturated carbocycles. The van der Waals surface area contributed by atoms with Crippen molar-refractivity contribution in [1.82, 2.24) is 0 Å². The van der Waals surface area contributed by atoms with E-state index in [1.807, 2.05) is 0 Å². The Morgan fingerprint density at radius 1 is 1.10 bits per heavy atom. The lowest BCUT2D eigenvalue weighted by molar-refractivity contribution is 0.112. The summed E-state index contributed by atoms with van der Waals surface area (Å²) < 4.78 is 10.4.